The second-order valence-electron chi connectivity index (χ2n) is 3.25. The quantitative estimate of drug-likeness (QED) is 0.775. The zero-order valence-electron chi connectivity index (χ0n) is 8.72. The molecule has 0 aromatic carbocycles. The van der Waals surface area contributed by atoms with Crippen LogP contribution < -0.4 is 0 Å². The Bertz CT molecular complexity index is 722. The lowest BCUT2D eigenvalue weighted by atomic mass is 10.5. The van der Waals surface area contributed by atoms with Crippen molar-refractivity contribution in [3.8, 4) is 0 Å². The number of carboxylic acids is 1. The van der Waals surface area contributed by atoms with Gasteiger partial charge in [0.05, 0.1) is 0 Å². The van der Waals surface area contributed by atoms with E-state index in [1.807, 2.05) is 0 Å². The number of carboxylic acid groups (broad SMARTS) is 1. The van der Waals surface area contributed by atoms with Crippen LogP contribution >= 0.6 is 23.1 Å². The summed E-state index contributed by atoms with van der Waals surface area (Å²) < 4.78 is 1.33. The van der Waals surface area contributed by atoms with Gasteiger partial charge in [-0.05, 0) is 28.6 Å². The van der Waals surface area contributed by atoms with E-state index in [9.17, 15) is 4.79 Å². The van der Waals surface area contributed by atoms with Crippen molar-refractivity contribution < 1.29 is 9.90 Å². The van der Waals surface area contributed by atoms with Crippen LogP contribution in [0.1, 0.15) is 9.67 Å². The van der Waals surface area contributed by atoms with Crippen LogP contribution in [0.2, 0.25) is 0 Å². The van der Waals surface area contributed by atoms with E-state index < -0.39 is 5.97 Å². The minimum atomic E-state index is -0.921. The third-order valence-corrected chi connectivity index (χ3v) is 4.02. The molecule has 0 radical (unpaired) electrons. The van der Waals surface area contributed by atoms with Crippen molar-refractivity contribution in [2.45, 2.75) is 9.92 Å². The van der Waals surface area contributed by atoms with Gasteiger partial charge < -0.3 is 5.11 Å². The fraction of sp³-hybridized carbons (Fsp3) is 0. The molecular weight excluding hydrogens is 274 g/mol. The molecule has 1 N–H and O–H groups in total. The van der Waals surface area contributed by atoms with Crippen molar-refractivity contribution in [2.75, 3.05) is 0 Å². The average molecular weight is 279 g/mol. The Morgan fingerprint density at radius 3 is 3.11 bits per heavy atom. The number of fused-ring (bicyclic) bond motifs is 1. The van der Waals surface area contributed by atoms with Crippen molar-refractivity contribution in [2.24, 2.45) is 0 Å². The fourth-order valence-electron chi connectivity index (χ4n) is 1.29. The van der Waals surface area contributed by atoms with Gasteiger partial charge in [-0.3, -0.25) is 0 Å². The molecule has 3 heterocycles. The highest BCUT2D eigenvalue weighted by Gasteiger charge is 2.09. The van der Waals surface area contributed by atoms with E-state index in [4.69, 9.17) is 5.11 Å². The van der Waals surface area contributed by atoms with Gasteiger partial charge in [-0.25, -0.2) is 4.79 Å². The van der Waals surface area contributed by atoms with Gasteiger partial charge in [0.15, 0.2) is 5.65 Å². The van der Waals surface area contributed by atoms with Crippen molar-refractivity contribution in [3.05, 3.63) is 28.5 Å². The highest BCUT2D eigenvalue weighted by atomic mass is 32.2. The maximum atomic E-state index is 10.8. The molecule has 0 aliphatic rings. The third-order valence-electron chi connectivity index (χ3n) is 2.05. The Labute approximate surface area is 108 Å². The lowest BCUT2D eigenvalue weighted by Gasteiger charge is -1.96. The number of hydrogen-bond donors (Lipinski definition) is 1. The van der Waals surface area contributed by atoms with E-state index in [1.54, 1.807) is 23.6 Å². The normalized spacial score (nSPS) is 10.9. The first-order valence-corrected chi connectivity index (χ1v) is 6.47. The lowest BCUT2D eigenvalue weighted by molar-refractivity contribution is 0.0702. The van der Waals surface area contributed by atoms with Crippen LogP contribution in [0.4, 0.5) is 0 Å². The molecule has 3 aromatic heterocycles. The molecule has 7 nitrogen and oxygen atoms in total. The van der Waals surface area contributed by atoms with Crippen LogP contribution in [-0.4, -0.2) is 36.3 Å². The first-order valence-electron chi connectivity index (χ1n) is 4.77. The summed E-state index contributed by atoms with van der Waals surface area (Å²) in [5, 5.41) is 26.4. The largest absolute Gasteiger partial charge is 0.477 e. The standard InChI is InChI=1S/C9H5N5O2S2/c15-9(16)6-3-5(4-17-6)18-8-2-1-7-10-12-13-14(7)11-8/h1-4H,(H,15,16). The molecule has 9 heteroatoms. The Morgan fingerprint density at radius 2 is 2.33 bits per heavy atom. The topological polar surface area (TPSA) is 93.3 Å². The maximum Gasteiger partial charge on any atom is 0.345 e. The fourth-order valence-corrected chi connectivity index (χ4v) is 2.98. The molecule has 0 fully saturated rings. The van der Waals surface area contributed by atoms with Crippen LogP contribution in [-0.2, 0) is 0 Å². The van der Waals surface area contributed by atoms with Gasteiger partial charge in [-0.1, -0.05) is 11.8 Å². The number of thiophene rings is 1. The maximum absolute atomic E-state index is 10.8. The van der Waals surface area contributed by atoms with Crippen LogP contribution in [0.3, 0.4) is 0 Å². The van der Waals surface area contributed by atoms with Crippen molar-refractivity contribution >= 4 is 34.7 Å². The summed E-state index contributed by atoms with van der Waals surface area (Å²) in [6.07, 6.45) is 0. The monoisotopic (exact) mass is 279 g/mol. The predicted molar refractivity (Wildman–Crippen MR) is 64.0 cm³/mol. The van der Waals surface area contributed by atoms with Gasteiger partial charge >= 0.3 is 5.97 Å². The van der Waals surface area contributed by atoms with Crippen LogP contribution in [0, 0.1) is 0 Å². The lowest BCUT2D eigenvalue weighted by Crippen LogP contribution is -1.94. The molecule has 0 aliphatic carbocycles. The van der Waals surface area contributed by atoms with Crippen molar-refractivity contribution in [1.29, 1.82) is 0 Å². The van der Waals surface area contributed by atoms with E-state index in [2.05, 4.69) is 20.6 Å². The highest BCUT2D eigenvalue weighted by molar-refractivity contribution is 7.99. The Kier molecular flexibility index (Phi) is 2.68. The molecule has 0 bridgehead atoms. The minimum Gasteiger partial charge on any atom is -0.477 e. The van der Waals surface area contributed by atoms with Gasteiger partial charge in [-0.2, -0.15) is 0 Å². The summed E-state index contributed by atoms with van der Waals surface area (Å²) in [6.45, 7) is 0. The molecule has 0 atom stereocenters. The predicted octanol–water partition coefficient (Wildman–Crippen LogP) is 1.43. The number of hydrogen-bond acceptors (Lipinski definition) is 7. The van der Waals surface area contributed by atoms with Crippen LogP contribution in [0.15, 0.2) is 33.5 Å². The summed E-state index contributed by atoms with van der Waals surface area (Å²) in [7, 11) is 0. The van der Waals surface area contributed by atoms with E-state index in [0.29, 0.717) is 15.6 Å². The summed E-state index contributed by atoms with van der Waals surface area (Å²) in [6, 6.07) is 5.15. The second-order valence-corrected chi connectivity index (χ2v) is 5.26. The third kappa shape index (κ3) is 2.05. The number of aromatic carboxylic acids is 1. The number of carbonyl (C=O) groups is 1. The molecular formula is C9H5N5O2S2. The van der Waals surface area contributed by atoms with Crippen molar-refractivity contribution in [1.82, 2.24) is 25.3 Å². The molecule has 90 valence electrons. The summed E-state index contributed by atoms with van der Waals surface area (Å²) in [5.74, 6) is -0.921. The van der Waals surface area contributed by atoms with Gasteiger partial charge in [0.1, 0.15) is 9.90 Å². The number of aromatic nitrogens is 5. The molecule has 0 spiro atoms. The van der Waals surface area contributed by atoms with E-state index in [1.165, 1.54) is 27.7 Å². The van der Waals surface area contributed by atoms with E-state index in [0.717, 1.165) is 4.90 Å². The van der Waals surface area contributed by atoms with Crippen LogP contribution in [0.25, 0.3) is 5.65 Å². The Balaban J connectivity index is 1.88. The Hall–Kier alpha value is -2.00. The van der Waals surface area contributed by atoms with E-state index in [-0.39, 0.29) is 0 Å². The SMILES string of the molecule is O=C(O)c1cc(Sc2ccc3nnnn3n2)cs1. The van der Waals surface area contributed by atoms with Gasteiger partial charge in [0.2, 0.25) is 0 Å². The molecule has 0 aliphatic heterocycles. The van der Waals surface area contributed by atoms with Gasteiger partial charge in [-0.15, -0.1) is 26.2 Å². The van der Waals surface area contributed by atoms with E-state index >= 15 is 0 Å². The van der Waals surface area contributed by atoms with Crippen LogP contribution in [0.5, 0.6) is 0 Å². The number of nitrogens with zero attached hydrogens (tertiary/aromatic N) is 5. The molecule has 0 saturated carbocycles. The molecule has 0 saturated heterocycles. The molecule has 3 aromatic rings. The average Bonchev–Trinajstić information content (AvgIpc) is 2.96. The summed E-state index contributed by atoms with van der Waals surface area (Å²) in [5.41, 5.74) is 0.566. The minimum absolute atomic E-state index is 0.306. The first-order chi connectivity index (χ1) is 8.72. The highest BCUT2D eigenvalue weighted by Crippen LogP contribution is 2.29. The van der Waals surface area contributed by atoms with Gasteiger partial charge in [0, 0.05) is 10.3 Å². The number of tetrazole rings is 1. The smallest absolute Gasteiger partial charge is 0.345 e. The first kappa shape index (κ1) is 11.1. The zero-order valence-corrected chi connectivity index (χ0v) is 10.4. The summed E-state index contributed by atoms with van der Waals surface area (Å²) >= 11 is 2.55. The summed E-state index contributed by atoms with van der Waals surface area (Å²) in [4.78, 5) is 11.9. The molecule has 0 unspecified atom stereocenters. The number of rotatable bonds is 3. The molecule has 18 heavy (non-hydrogen) atoms. The van der Waals surface area contributed by atoms with Gasteiger partial charge in [0.25, 0.3) is 0 Å². The molecule has 0 amide bonds. The second kappa shape index (κ2) is 4.35. The molecule has 3 rings (SSSR count). The zero-order chi connectivity index (χ0) is 12.5. The Morgan fingerprint density at radius 1 is 1.44 bits per heavy atom. The van der Waals surface area contributed by atoms with Crippen molar-refractivity contribution in [3.63, 3.8) is 0 Å².